The van der Waals surface area contributed by atoms with Crippen LogP contribution in [0.2, 0.25) is 0 Å². The first kappa shape index (κ1) is 16.0. The lowest BCUT2D eigenvalue weighted by atomic mass is 10.1. The van der Waals surface area contributed by atoms with Crippen LogP contribution in [0.25, 0.3) is 0 Å². The summed E-state index contributed by atoms with van der Waals surface area (Å²) in [6, 6.07) is 7.98. The van der Waals surface area contributed by atoms with Crippen LogP contribution in [-0.2, 0) is 4.79 Å². The predicted octanol–water partition coefficient (Wildman–Crippen LogP) is 2.85. The molecule has 21 heavy (non-hydrogen) atoms. The number of carbonyl (C=O) groups is 1. The first-order valence-corrected chi connectivity index (χ1v) is 7.92. The van der Waals surface area contributed by atoms with Gasteiger partial charge in [0.15, 0.2) is 0 Å². The molecule has 1 fully saturated rings. The molecule has 1 saturated carbocycles. The largest absolute Gasteiger partial charge is 0.388 e. The fourth-order valence-corrected chi connectivity index (χ4v) is 2.16. The average molecular weight is 290 g/mol. The van der Waals surface area contributed by atoms with E-state index >= 15 is 0 Å². The highest BCUT2D eigenvalue weighted by Crippen LogP contribution is 2.30. The Kier molecular flexibility index (Phi) is 5.76. The maximum Gasteiger partial charge on any atom is 0.227 e. The zero-order valence-corrected chi connectivity index (χ0v) is 12.9. The molecule has 0 aromatic heterocycles. The van der Waals surface area contributed by atoms with Crippen molar-refractivity contribution in [3.63, 3.8) is 0 Å². The highest BCUT2D eigenvalue weighted by molar-refractivity contribution is 5.93. The van der Waals surface area contributed by atoms with Crippen LogP contribution in [0.3, 0.4) is 0 Å². The normalized spacial score (nSPS) is 17.3. The molecule has 0 radical (unpaired) electrons. The molecule has 116 valence electrons. The molecular formula is C17H26N2O2. The molecule has 2 atom stereocenters. The molecule has 0 aliphatic heterocycles. The molecule has 2 rings (SSSR count). The van der Waals surface area contributed by atoms with Gasteiger partial charge in [0.25, 0.3) is 0 Å². The van der Waals surface area contributed by atoms with Gasteiger partial charge < -0.3 is 15.7 Å². The number of nitrogens with one attached hydrogen (secondary N) is 2. The highest BCUT2D eigenvalue weighted by Gasteiger charge is 2.29. The second-order valence-corrected chi connectivity index (χ2v) is 5.95. The first-order chi connectivity index (χ1) is 10.1. The number of aliphatic hydroxyl groups is 1. The molecule has 1 aromatic rings. The molecule has 2 unspecified atom stereocenters. The number of anilines is 1. The number of rotatable bonds is 8. The van der Waals surface area contributed by atoms with Gasteiger partial charge >= 0.3 is 0 Å². The van der Waals surface area contributed by atoms with Gasteiger partial charge in [-0.15, -0.1) is 0 Å². The average Bonchev–Trinajstić information content (AvgIpc) is 3.32. The van der Waals surface area contributed by atoms with Crippen LogP contribution in [-0.4, -0.2) is 23.6 Å². The van der Waals surface area contributed by atoms with Crippen LogP contribution in [0.15, 0.2) is 24.3 Å². The van der Waals surface area contributed by atoms with Crippen molar-refractivity contribution in [3.8, 4) is 0 Å². The monoisotopic (exact) mass is 290 g/mol. The van der Waals surface area contributed by atoms with Gasteiger partial charge in [0.1, 0.15) is 0 Å². The van der Waals surface area contributed by atoms with Crippen molar-refractivity contribution < 1.29 is 9.90 Å². The van der Waals surface area contributed by atoms with Crippen LogP contribution >= 0.6 is 0 Å². The summed E-state index contributed by atoms with van der Waals surface area (Å²) in [6.07, 6.45) is 3.33. The van der Waals surface area contributed by atoms with E-state index in [0.717, 1.165) is 37.1 Å². The number of hydrogen-bond acceptors (Lipinski definition) is 3. The molecule has 0 bridgehead atoms. The lowest BCUT2D eigenvalue weighted by molar-refractivity contribution is -0.117. The minimum atomic E-state index is -0.463. The van der Waals surface area contributed by atoms with E-state index in [2.05, 4.69) is 24.5 Å². The molecule has 1 aliphatic rings. The Labute approximate surface area is 126 Å². The minimum Gasteiger partial charge on any atom is -0.388 e. The summed E-state index contributed by atoms with van der Waals surface area (Å²) in [5.41, 5.74) is 1.70. The summed E-state index contributed by atoms with van der Waals surface area (Å²) >= 11 is 0. The van der Waals surface area contributed by atoms with Crippen molar-refractivity contribution in [2.24, 2.45) is 5.92 Å². The van der Waals surface area contributed by atoms with Crippen molar-refractivity contribution in [2.75, 3.05) is 11.9 Å². The number of hydrogen-bond donors (Lipinski definition) is 3. The summed E-state index contributed by atoms with van der Waals surface area (Å²) in [4.78, 5) is 11.7. The Balaban J connectivity index is 1.78. The smallest absolute Gasteiger partial charge is 0.227 e. The van der Waals surface area contributed by atoms with Gasteiger partial charge in [0.2, 0.25) is 5.91 Å². The van der Waals surface area contributed by atoms with Gasteiger partial charge in [-0.1, -0.05) is 19.1 Å². The van der Waals surface area contributed by atoms with E-state index in [4.69, 9.17) is 0 Å². The van der Waals surface area contributed by atoms with Crippen molar-refractivity contribution >= 4 is 11.6 Å². The van der Waals surface area contributed by atoms with Gasteiger partial charge in [0, 0.05) is 17.6 Å². The first-order valence-electron chi connectivity index (χ1n) is 7.92. The Hall–Kier alpha value is -1.39. The number of aliphatic hydroxyl groups excluding tert-OH is 1. The molecule has 0 spiro atoms. The number of benzene rings is 1. The molecule has 0 saturated heterocycles. The van der Waals surface area contributed by atoms with E-state index in [-0.39, 0.29) is 11.8 Å². The third kappa shape index (κ3) is 5.14. The van der Waals surface area contributed by atoms with Gasteiger partial charge in [-0.2, -0.15) is 0 Å². The molecule has 4 heteroatoms. The van der Waals surface area contributed by atoms with Crippen LogP contribution in [0, 0.1) is 5.92 Å². The van der Waals surface area contributed by atoms with E-state index in [1.165, 1.54) is 0 Å². The van der Waals surface area contributed by atoms with Gasteiger partial charge in [0.05, 0.1) is 6.10 Å². The zero-order valence-electron chi connectivity index (χ0n) is 12.9. The Morgan fingerprint density at radius 3 is 2.57 bits per heavy atom. The summed E-state index contributed by atoms with van der Waals surface area (Å²) < 4.78 is 0. The quantitative estimate of drug-likeness (QED) is 0.690. The van der Waals surface area contributed by atoms with Crippen molar-refractivity contribution in [1.82, 2.24) is 5.32 Å². The van der Waals surface area contributed by atoms with E-state index in [0.29, 0.717) is 12.5 Å². The molecule has 1 aliphatic carbocycles. The molecule has 1 amide bonds. The van der Waals surface area contributed by atoms with Gasteiger partial charge in [-0.05, 0) is 56.8 Å². The van der Waals surface area contributed by atoms with Crippen molar-refractivity contribution in [2.45, 2.75) is 51.7 Å². The predicted molar refractivity (Wildman–Crippen MR) is 85.1 cm³/mol. The summed E-state index contributed by atoms with van der Waals surface area (Å²) in [5, 5.41) is 16.4. The van der Waals surface area contributed by atoms with Gasteiger partial charge in [-0.3, -0.25) is 4.79 Å². The molecule has 4 nitrogen and oxygen atoms in total. The van der Waals surface area contributed by atoms with E-state index < -0.39 is 6.10 Å². The molecule has 0 heterocycles. The lowest BCUT2D eigenvalue weighted by Crippen LogP contribution is -2.27. The fourth-order valence-electron chi connectivity index (χ4n) is 2.16. The van der Waals surface area contributed by atoms with Crippen LogP contribution < -0.4 is 10.6 Å². The standard InChI is InChI=1S/C17H26N2O2/c1-3-12(2)18-11-10-16(20)13-6-8-15(9-7-13)19-17(21)14-4-5-14/h6-9,12,14,16,18,20H,3-5,10-11H2,1-2H3,(H,19,21). The maximum atomic E-state index is 11.7. The second kappa shape index (κ2) is 7.57. The highest BCUT2D eigenvalue weighted by atomic mass is 16.3. The third-order valence-corrected chi connectivity index (χ3v) is 4.03. The number of carbonyl (C=O) groups excluding carboxylic acids is 1. The second-order valence-electron chi connectivity index (χ2n) is 5.95. The SMILES string of the molecule is CCC(C)NCCC(O)c1ccc(NC(=O)C2CC2)cc1. The van der Waals surface area contributed by atoms with Crippen molar-refractivity contribution in [1.29, 1.82) is 0 Å². The molecule has 3 N–H and O–H groups in total. The molecule has 1 aromatic carbocycles. The fraction of sp³-hybridized carbons (Fsp3) is 0.588. The van der Waals surface area contributed by atoms with Crippen molar-refractivity contribution in [3.05, 3.63) is 29.8 Å². The summed E-state index contributed by atoms with van der Waals surface area (Å²) in [6.45, 7) is 5.09. The third-order valence-electron chi connectivity index (χ3n) is 4.03. The summed E-state index contributed by atoms with van der Waals surface area (Å²) in [7, 11) is 0. The Bertz CT molecular complexity index is 454. The maximum absolute atomic E-state index is 11.7. The lowest BCUT2D eigenvalue weighted by Gasteiger charge is -2.15. The van der Waals surface area contributed by atoms with Crippen LogP contribution in [0.1, 0.15) is 51.2 Å². The zero-order chi connectivity index (χ0) is 15.2. The Morgan fingerprint density at radius 1 is 1.33 bits per heavy atom. The van der Waals surface area contributed by atoms with Crippen LogP contribution in [0.4, 0.5) is 5.69 Å². The number of amides is 1. The topological polar surface area (TPSA) is 61.4 Å². The summed E-state index contributed by atoms with van der Waals surface area (Å²) in [5.74, 6) is 0.322. The molecular weight excluding hydrogens is 264 g/mol. The Morgan fingerprint density at radius 2 is 2.00 bits per heavy atom. The van der Waals surface area contributed by atoms with E-state index in [9.17, 15) is 9.90 Å². The van der Waals surface area contributed by atoms with Gasteiger partial charge in [-0.25, -0.2) is 0 Å². The van der Waals surface area contributed by atoms with E-state index in [1.54, 1.807) is 0 Å². The van der Waals surface area contributed by atoms with Crippen LogP contribution in [0.5, 0.6) is 0 Å². The van der Waals surface area contributed by atoms with E-state index in [1.807, 2.05) is 24.3 Å². The minimum absolute atomic E-state index is 0.112.